The molecule has 0 bridgehead atoms. The standard InChI is InChI=1S/C15H19F2NO4/c1-9-12(14(20)21)7-11(22-9)8-18(2)13(19)10-3-5-15(16,17)6-4-10/h7,10H,3-6,8H2,1-2H3,(H,20,21). The van der Waals surface area contributed by atoms with Crippen LogP contribution in [0.15, 0.2) is 10.5 Å². The Morgan fingerprint density at radius 1 is 1.41 bits per heavy atom. The topological polar surface area (TPSA) is 70.8 Å². The van der Waals surface area contributed by atoms with Crippen LogP contribution in [0.1, 0.15) is 47.6 Å². The van der Waals surface area contributed by atoms with Crippen LogP contribution in [0.3, 0.4) is 0 Å². The molecule has 1 aliphatic rings. The van der Waals surface area contributed by atoms with E-state index in [0.717, 1.165) is 0 Å². The molecule has 1 fully saturated rings. The normalized spacial score (nSPS) is 18.2. The van der Waals surface area contributed by atoms with Crippen molar-refractivity contribution in [3.05, 3.63) is 23.2 Å². The number of furan rings is 1. The third-order valence-electron chi connectivity index (χ3n) is 4.03. The summed E-state index contributed by atoms with van der Waals surface area (Å²) in [5.74, 6) is -3.71. The first-order valence-corrected chi connectivity index (χ1v) is 7.15. The van der Waals surface area contributed by atoms with E-state index in [4.69, 9.17) is 9.52 Å². The minimum atomic E-state index is -2.66. The zero-order chi connectivity index (χ0) is 16.5. The van der Waals surface area contributed by atoms with Gasteiger partial charge in [0.25, 0.3) is 0 Å². The molecule has 1 N–H and O–H groups in total. The number of hydrogen-bond donors (Lipinski definition) is 1. The van der Waals surface area contributed by atoms with E-state index in [1.807, 2.05) is 0 Å². The number of carboxylic acids is 1. The molecule has 0 saturated heterocycles. The number of hydrogen-bond acceptors (Lipinski definition) is 3. The Bertz CT molecular complexity index is 572. The first kappa shape index (κ1) is 16.5. The maximum absolute atomic E-state index is 13.1. The fourth-order valence-corrected chi connectivity index (χ4v) is 2.74. The van der Waals surface area contributed by atoms with E-state index >= 15 is 0 Å². The molecule has 1 heterocycles. The number of halogens is 2. The third-order valence-corrected chi connectivity index (χ3v) is 4.03. The van der Waals surface area contributed by atoms with E-state index in [2.05, 4.69) is 0 Å². The Kier molecular flexibility index (Phi) is 4.53. The van der Waals surface area contributed by atoms with Gasteiger partial charge in [-0.1, -0.05) is 0 Å². The molecule has 1 amide bonds. The largest absolute Gasteiger partial charge is 0.478 e. The molecule has 0 spiro atoms. The summed E-state index contributed by atoms with van der Waals surface area (Å²) in [5, 5.41) is 8.96. The number of aromatic carboxylic acids is 1. The van der Waals surface area contributed by atoms with Crippen LogP contribution in [0.4, 0.5) is 8.78 Å². The van der Waals surface area contributed by atoms with Gasteiger partial charge in [0.05, 0.1) is 6.54 Å². The smallest absolute Gasteiger partial charge is 0.339 e. The fraction of sp³-hybridized carbons (Fsp3) is 0.600. The average Bonchev–Trinajstić information content (AvgIpc) is 2.79. The van der Waals surface area contributed by atoms with Gasteiger partial charge in [0.1, 0.15) is 17.1 Å². The lowest BCUT2D eigenvalue weighted by Gasteiger charge is -2.30. The molecule has 22 heavy (non-hydrogen) atoms. The summed E-state index contributed by atoms with van der Waals surface area (Å²) in [6, 6.07) is 1.39. The molecule has 0 atom stereocenters. The number of carboxylic acid groups (broad SMARTS) is 1. The van der Waals surface area contributed by atoms with Gasteiger partial charge in [0.2, 0.25) is 11.8 Å². The molecular weight excluding hydrogens is 296 g/mol. The fourth-order valence-electron chi connectivity index (χ4n) is 2.74. The molecular formula is C15H19F2NO4. The predicted octanol–water partition coefficient (Wildman–Crippen LogP) is 3.07. The Labute approximate surface area is 126 Å². The zero-order valence-electron chi connectivity index (χ0n) is 12.6. The van der Waals surface area contributed by atoms with Gasteiger partial charge < -0.3 is 14.4 Å². The quantitative estimate of drug-likeness (QED) is 0.927. The molecule has 1 saturated carbocycles. The van der Waals surface area contributed by atoms with Crippen LogP contribution in [0.5, 0.6) is 0 Å². The first-order valence-electron chi connectivity index (χ1n) is 7.15. The second kappa shape index (κ2) is 6.06. The number of carbonyl (C=O) groups excluding carboxylic acids is 1. The van der Waals surface area contributed by atoms with Crippen LogP contribution in [0, 0.1) is 12.8 Å². The van der Waals surface area contributed by atoms with Crippen molar-refractivity contribution < 1.29 is 27.9 Å². The zero-order valence-corrected chi connectivity index (χ0v) is 12.6. The Balaban J connectivity index is 1.97. The van der Waals surface area contributed by atoms with E-state index in [-0.39, 0.29) is 49.5 Å². The second-order valence-electron chi connectivity index (χ2n) is 5.81. The van der Waals surface area contributed by atoms with Crippen LogP contribution >= 0.6 is 0 Å². The highest BCUT2D eigenvalue weighted by atomic mass is 19.3. The summed E-state index contributed by atoms with van der Waals surface area (Å²) in [7, 11) is 1.56. The van der Waals surface area contributed by atoms with Crippen molar-refractivity contribution in [1.82, 2.24) is 4.90 Å². The molecule has 0 aromatic carbocycles. The molecule has 0 unspecified atom stereocenters. The van der Waals surface area contributed by atoms with Gasteiger partial charge in [-0.3, -0.25) is 4.79 Å². The molecule has 1 aromatic heterocycles. The molecule has 2 rings (SSSR count). The summed E-state index contributed by atoms with van der Waals surface area (Å²) >= 11 is 0. The third kappa shape index (κ3) is 3.64. The van der Waals surface area contributed by atoms with Gasteiger partial charge in [-0.15, -0.1) is 0 Å². The van der Waals surface area contributed by atoms with Gasteiger partial charge in [0, 0.05) is 25.8 Å². The van der Waals surface area contributed by atoms with Crippen LogP contribution in [0.2, 0.25) is 0 Å². The summed E-state index contributed by atoms with van der Waals surface area (Å²) in [6.45, 7) is 1.66. The highest BCUT2D eigenvalue weighted by Crippen LogP contribution is 2.36. The van der Waals surface area contributed by atoms with Crippen molar-refractivity contribution >= 4 is 11.9 Å². The van der Waals surface area contributed by atoms with Gasteiger partial charge in [-0.05, 0) is 25.8 Å². The number of aryl methyl sites for hydroxylation is 1. The van der Waals surface area contributed by atoms with Crippen LogP contribution < -0.4 is 0 Å². The van der Waals surface area contributed by atoms with Crippen LogP contribution in [-0.4, -0.2) is 34.9 Å². The van der Waals surface area contributed by atoms with Crippen molar-refractivity contribution in [1.29, 1.82) is 0 Å². The Hall–Kier alpha value is -1.92. The first-order chi connectivity index (χ1) is 10.2. The molecule has 1 aliphatic carbocycles. The number of nitrogens with zero attached hydrogens (tertiary/aromatic N) is 1. The summed E-state index contributed by atoms with van der Waals surface area (Å²) in [5.41, 5.74) is 0.0631. The monoisotopic (exact) mass is 315 g/mol. The predicted molar refractivity (Wildman–Crippen MR) is 73.8 cm³/mol. The molecule has 1 aromatic rings. The van der Waals surface area contributed by atoms with E-state index in [9.17, 15) is 18.4 Å². The molecule has 7 heteroatoms. The lowest BCUT2D eigenvalue weighted by molar-refractivity contribution is -0.139. The highest BCUT2D eigenvalue weighted by Gasteiger charge is 2.38. The van der Waals surface area contributed by atoms with Crippen molar-refractivity contribution in [2.45, 2.75) is 45.1 Å². The van der Waals surface area contributed by atoms with Crippen molar-refractivity contribution in [2.24, 2.45) is 5.92 Å². The maximum atomic E-state index is 13.1. The van der Waals surface area contributed by atoms with Crippen molar-refractivity contribution in [3.8, 4) is 0 Å². The van der Waals surface area contributed by atoms with Gasteiger partial charge >= 0.3 is 5.97 Å². The second-order valence-corrected chi connectivity index (χ2v) is 5.81. The van der Waals surface area contributed by atoms with Gasteiger partial charge in [-0.2, -0.15) is 0 Å². The van der Waals surface area contributed by atoms with Gasteiger partial charge in [0.15, 0.2) is 0 Å². The lowest BCUT2D eigenvalue weighted by atomic mass is 9.86. The molecule has 0 radical (unpaired) electrons. The Morgan fingerprint density at radius 2 is 2.00 bits per heavy atom. The summed E-state index contributed by atoms with van der Waals surface area (Å²) < 4.78 is 31.6. The number of amides is 1. The van der Waals surface area contributed by atoms with E-state index < -0.39 is 17.8 Å². The highest BCUT2D eigenvalue weighted by molar-refractivity contribution is 5.88. The van der Waals surface area contributed by atoms with E-state index in [0.29, 0.717) is 5.76 Å². The number of carbonyl (C=O) groups is 2. The van der Waals surface area contributed by atoms with Gasteiger partial charge in [-0.25, -0.2) is 13.6 Å². The van der Waals surface area contributed by atoms with Crippen molar-refractivity contribution in [3.63, 3.8) is 0 Å². The number of alkyl halides is 2. The Morgan fingerprint density at radius 3 is 2.50 bits per heavy atom. The van der Waals surface area contributed by atoms with Crippen LogP contribution in [0.25, 0.3) is 0 Å². The minimum Gasteiger partial charge on any atom is -0.478 e. The molecule has 0 aliphatic heterocycles. The molecule has 122 valence electrons. The summed E-state index contributed by atoms with van der Waals surface area (Å²) in [6.07, 6.45) is -0.179. The number of rotatable bonds is 4. The van der Waals surface area contributed by atoms with Crippen molar-refractivity contribution in [2.75, 3.05) is 7.05 Å². The average molecular weight is 315 g/mol. The SMILES string of the molecule is Cc1oc(CN(C)C(=O)C2CCC(F)(F)CC2)cc1C(=O)O. The van der Waals surface area contributed by atoms with E-state index in [1.165, 1.54) is 17.9 Å². The van der Waals surface area contributed by atoms with E-state index in [1.54, 1.807) is 7.05 Å². The summed E-state index contributed by atoms with van der Waals surface area (Å²) in [4.78, 5) is 24.6. The maximum Gasteiger partial charge on any atom is 0.339 e. The minimum absolute atomic E-state index is 0.0631. The van der Waals surface area contributed by atoms with Crippen LogP contribution in [-0.2, 0) is 11.3 Å². The lowest BCUT2D eigenvalue weighted by Crippen LogP contribution is -2.36. The molecule has 5 nitrogen and oxygen atoms in total.